The summed E-state index contributed by atoms with van der Waals surface area (Å²) in [6.07, 6.45) is 0.706. The number of carbonyl (C=O) groups is 3. The number of benzene rings is 2. The van der Waals surface area contributed by atoms with Crippen molar-refractivity contribution in [1.82, 2.24) is 10.2 Å². The summed E-state index contributed by atoms with van der Waals surface area (Å²) in [6.45, 7) is 0.316. The minimum Gasteiger partial charge on any atom is -0.388 e. The van der Waals surface area contributed by atoms with Gasteiger partial charge in [0, 0.05) is 61.7 Å². The summed E-state index contributed by atoms with van der Waals surface area (Å²) in [5.41, 5.74) is 1.23. The Morgan fingerprint density at radius 1 is 1.29 bits per heavy atom. The molecule has 9 heteroatoms. The highest BCUT2D eigenvalue weighted by Crippen LogP contribution is 2.35. The quantitative estimate of drug-likeness (QED) is 0.425. The smallest absolute Gasteiger partial charge is 0.254 e. The Bertz CT molecular complexity index is 1020. The maximum Gasteiger partial charge on any atom is 0.254 e. The first-order valence-electron chi connectivity index (χ1n) is 9.94. The van der Waals surface area contributed by atoms with Gasteiger partial charge in [-0.15, -0.1) is 0 Å². The number of halogens is 1. The third-order valence-electron chi connectivity index (χ3n) is 5.52. The lowest BCUT2D eigenvalue weighted by molar-refractivity contribution is -0.127. The van der Waals surface area contributed by atoms with Crippen LogP contribution < -0.4 is 16.0 Å². The van der Waals surface area contributed by atoms with Crippen molar-refractivity contribution in [2.24, 2.45) is 0 Å². The SMILES string of the molecule is [B]C(CCC=O)(C(=O)NC)N1Cc2c(NCc3ccc(NC)cc3F)cccc2C1=O. The zero-order valence-corrected chi connectivity index (χ0v) is 17.5. The van der Waals surface area contributed by atoms with E-state index in [1.54, 1.807) is 37.4 Å². The van der Waals surface area contributed by atoms with Crippen LogP contribution in [0.1, 0.15) is 34.3 Å². The first-order chi connectivity index (χ1) is 14.8. The Hall–Kier alpha value is -3.36. The number of aldehydes is 1. The molecular formula is C22H24BFN4O3. The standard InChI is InChI=1S/C22H24BFN4O3/c1-25-15-8-7-14(18(24)11-15)12-27-19-6-3-5-16-17(19)13-28(20(16)30)22(23,9-4-10-29)21(31)26-2/h3,5-8,10-11,25,27H,4,9,12-13H2,1-2H3,(H,26,31). The molecule has 2 amide bonds. The van der Waals surface area contributed by atoms with Crippen molar-refractivity contribution in [2.75, 3.05) is 24.7 Å². The van der Waals surface area contributed by atoms with E-state index in [2.05, 4.69) is 16.0 Å². The Kier molecular flexibility index (Phi) is 6.63. The van der Waals surface area contributed by atoms with Gasteiger partial charge in [-0.3, -0.25) is 9.59 Å². The summed E-state index contributed by atoms with van der Waals surface area (Å²) >= 11 is 0. The molecule has 2 aromatic carbocycles. The van der Waals surface area contributed by atoms with Crippen molar-refractivity contribution in [3.8, 4) is 0 Å². The average molecular weight is 422 g/mol. The Balaban J connectivity index is 1.85. The zero-order chi connectivity index (χ0) is 22.6. The number of nitrogens with zero attached hydrogens (tertiary/aromatic N) is 1. The first kappa shape index (κ1) is 22.3. The minimum atomic E-state index is -1.65. The molecule has 1 aliphatic heterocycles. The summed E-state index contributed by atoms with van der Waals surface area (Å²) in [5, 5.41) is 8.55. The number of amides is 2. The number of nitrogens with one attached hydrogen (secondary N) is 3. The van der Waals surface area contributed by atoms with Gasteiger partial charge in [-0.05, 0) is 30.7 Å². The second-order valence-corrected chi connectivity index (χ2v) is 7.34. The molecule has 0 spiro atoms. The Morgan fingerprint density at radius 3 is 2.71 bits per heavy atom. The number of rotatable bonds is 9. The van der Waals surface area contributed by atoms with Gasteiger partial charge in [0.15, 0.2) is 0 Å². The molecule has 0 fully saturated rings. The number of likely N-dealkylation sites (N-methyl/N-ethyl adjacent to an activating group) is 1. The largest absolute Gasteiger partial charge is 0.388 e. The first-order valence-corrected chi connectivity index (χ1v) is 9.94. The fourth-order valence-corrected chi connectivity index (χ4v) is 3.72. The van der Waals surface area contributed by atoms with Crippen LogP contribution >= 0.6 is 0 Å². The zero-order valence-electron chi connectivity index (χ0n) is 17.5. The molecule has 0 saturated heterocycles. The maximum absolute atomic E-state index is 14.3. The topological polar surface area (TPSA) is 90.5 Å². The second-order valence-electron chi connectivity index (χ2n) is 7.34. The van der Waals surface area contributed by atoms with E-state index < -0.39 is 11.3 Å². The number of fused-ring (bicyclic) bond motifs is 1. The Labute approximate surface area is 181 Å². The van der Waals surface area contributed by atoms with Gasteiger partial charge in [0.05, 0.1) is 5.44 Å². The van der Waals surface area contributed by atoms with Crippen LogP contribution in [0, 0.1) is 5.82 Å². The summed E-state index contributed by atoms with van der Waals surface area (Å²) in [5.74, 6) is -1.28. The van der Waals surface area contributed by atoms with Crippen LogP contribution in [0.25, 0.3) is 0 Å². The number of hydrogen-bond donors (Lipinski definition) is 3. The fourth-order valence-electron chi connectivity index (χ4n) is 3.72. The van der Waals surface area contributed by atoms with Gasteiger partial charge in [-0.2, -0.15) is 0 Å². The van der Waals surface area contributed by atoms with Crippen LogP contribution in [0.15, 0.2) is 36.4 Å². The molecule has 0 aromatic heterocycles. The predicted octanol–water partition coefficient (Wildman–Crippen LogP) is 2.03. The highest BCUT2D eigenvalue weighted by molar-refractivity contribution is 6.30. The normalized spacial score (nSPS) is 14.5. The molecule has 160 valence electrons. The summed E-state index contributed by atoms with van der Waals surface area (Å²) in [4.78, 5) is 37.7. The Morgan fingerprint density at radius 2 is 2.06 bits per heavy atom. The molecule has 31 heavy (non-hydrogen) atoms. The molecule has 3 N–H and O–H groups in total. The van der Waals surface area contributed by atoms with Gasteiger partial charge in [0.25, 0.3) is 5.91 Å². The number of carbonyl (C=O) groups excluding carboxylic acids is 3. The van der Waals surface area contributed by atoms with Crippen LogP contribution in [0.2, 0.25) is 0 Å². The number of anilines is 2. The number of hydrogen-bond acceptors (Lipinski definition) is 5. The van der Waals surface area contributed by atoms with Crippen molar-refractivity contribution in [3.05, 3.63) is 58.9 Å². The fraction of sp³-hybridized carbons (Fsp3) is 0.318. The van der Waals surface area contributed by atoms with Crippen LogP contribution in [0.4, 0.5) is 15.8 Å². The van der Waals surface area contributed by atoms with E-state index in [1.807, 2.05) is 0 Å². The molecule has 1 atom stereocenters. The molecule has 0 saturated carbocycles. The third-order valence-corrected chi connectivity index (χ3v) is 5.52. The van der Waals surface area contributed by atoms with E-state index in [4.69, 9.17) is 7.85 Å². The summed E-state index contributed by atoms with van der Waals surface area (Å²) < 4.78 is 14.3. The van der Waals surface area contributed by atoms with E-state index in [9.17, 15) is 18.8 Å². The molecule has 2 radical (unpaired) electrons. The average Bonchev–Trinajstić information content (AvgIpc) is 3.13. The van der Waals surface area contributed by atoms with Crippen molar-refractivity contribution in [3.63, 3.8) is 0 Å². The predicted molar refractivity (Wildman–Crippen MR) is 117 cm³/mol. The minimum absolute atomic E-state index is 0.00167. The van der Waals surface area contributed by atoms with Gasteiger partial charge in [-0.1, -0.05) is 12.1 Å². The van der Waals surface area contributed by atoms with Crippen LogP contribution in [0.3, 0.4) is 0 Å². The van der Waals surface area contributed by atoms with E-state index in [1.165, 1.54) is 18.0 Å². The molecule has 2 aromatic rings. The molecular weight excluding hydrogens is 398 g/mol. The van der Waals surface area contributed by atoms with E-state index in [0.29, 0.717) is 34.4 Å². The molecule has 7 nitrogen and oxygen atoms in total. The molecule has 1 unspecified atom stereocenters. The second kappa shape index (κ2) is 9.20. The molecule has 1 aliphatic rings. The molecule has 0 aliphatic carbocycles. The lowest BCUT2D eigenvalue weighted by Crippen LogP contribution is -2.59. The van der Waals surface area contributed by atoms with Gasteiger partial charge < -0.3 is 25.6 Å². The van der Waals surface area contributed by atoms with Gasteiger partial charge in [-0.25, -0.2) is 4.39 Å². The van der Waals surface area contributed by atoms with Crippen molar-refractivity contribution in [2.45, 2.75) is 31.4 Å². The van der Waals surface area contributed by atoms with Crippen LogP contribution in [-0.2, 0) is 22.7 Å². The molecule has 1 heterocycles. The maximum atomic E-state index is 14.3. The van der Waals surface area contributed by atoms with Crippen LogP contribution in [-0.4, -0.2) is 50.4 Å². The van der Waals surface area contributed by atoms with E-state index in [-0.39, 0.29) is 37.7 Å². The van der Waals surface area contributed by atoms with Gasteiger partial charge in [0.1, 0.15) is 19.9 Å². The van der Waals surface area contributed by atoms with E-state index >= 15 is 0 Å². The third kappa shape index (κ3) is 4.26. The summed E-state index contributed by atoms with van der Waals surface area (Å²) in [7, 11) is 9.48. The highest BCUT2D eigenvalue weighted by Gasteiger charge is 2.45. The lowest BCUT2D eigenvalue weighted by Gasteiger charge is -2.37. The molecule has 0 bridgehead atoms. The van der Waals surface area contributed by atoms with Gasteiger partial charge in [0.2, 0.25) is 5.91 Å². The van der Waals surface area contributed by atoms with Crippen molar-refractivity contribution < 1.29 is 18.8 Å². The lowest BCUT2D eigenvalue weighted by atomic mass is 9.71. The van der Waals surface area contributed by atoms with Crippen molar-refractivity contribution >= 4 is 37.3 Å². The highest BCUT2D eigenvalue weighted by atomic mass is 19.1. The van der Waals surface area contributed by atoms with E-state index in [0.717, 1.165) is 0 Å². The van der Waals surface area contributed by atoms with Crippen LogP contribution in [0.5, 0.6) is 0 Å². The monoisotopic (exact) mass is 422 g/mol. The summed E-state index contributed by atoms with van der Waals surface area (Å²) in [6, 6.07) is 10.0. The molecule has 3 rings (SSSR count). The van der Waals surface area contributed by atoms with Gasteiger partial charge >= 0.3 is 0 Å². The van der Waals surface area contributed by atoms with Crippen molar-refractivity contribution in [1.29, 1.82) is 0 Å².